The fraction of sp³-hybridized carbons (Fsp3) is 0.455. The number of thioether (sulfide) groups is 1. The molecule has 0 amide bonds. The van der Waals surface area contributed by atoms with E-state index in [1.807, 2.05) is 23.9 Å². The summed E-state index contributed by atoms with van der Waals surface area (Å²) < 4.78 is 11.6. The standard InChI is InChI=1S/C22H27NO4S/c1-26-20-4-3-15(21-12-17(25)11-18(13-24)27-21)10-16(20)8-14-2-5-22-19(9-14)23-6-7-28-22/h2-5,9-10,17-18,21,23-25H,6-8,11-13H2,1H3. The molecule has 0 radical (unpaired) electrons. The van der Waals surface area contributed by atoms with Crippen molar-refractivity contribution in [2.45, 2.75) is 42.5 Å². The SMILES string of the molecule is COc1ccc(C2CC(O)CC(CO)O2)cc1Cc1ccc2c(c1)NCCS2. The monoisotopic (exact) mass is 401 g/mol. The van der Waals surface area contributed by atoms with E-state index in [0.29, 0.717) is 12.8 Å². The fourth-order valence-electron chi connectivity index (χ4n) is 3.98. The molecule has 0 aromatic heterocycles. The minimum atomic E-state index is -0.453. The van der Waals surface area contributed by atoms with Gasteiger partial charge in [-0.1, -0.05) is 12.1 Å². The predicted octanol–water partition coefficient (Wildman–Crippen LogP) is 3.38. The summed E-state index contributed by atoms with van der Waals surface area (Å²) in [4.78, 5) is 1.30. The van der Waals surface area contributed by atoms with Gasteiger partial charge in [-0.05, 0) is 41.0 Å². The van der Waals surface area contributed by atoms with Crippen LogP contribution in [0.25, 0.3) is 0 Å². The molecule has 3 atom stereocenters. The van der Waals surface area contributed by atoms with Crippen molar-refractivity contribution in [3.8, 4) is 5.75 Å². The summed E-state index contributed by atoms with van der Waals surface area (Å²) in [5.74, 6) is 1.95. The summed E-state index contributed by atoms with van der Waals surface area (Å²) >= 11 is 1.89. The van der Waals surface area contributed by atoms with Crippen LogP contribution < -0.4 is 10.1 Å². The van der Waals surface area contributed by atoms with E-state index in [4.69, 9.17) is 9.47 Å². The van der Waals surface area contributed by atoms with Gasteiger partial charge in [-0.3, -0.25) is 0 Å². The van der Waals surface area contributed by atoms with Gasteiger partial charge in [0, 0.05) is 42.1 Å². The van der Waals surface area contributed by atoms with E-state index in [1.54, 1.807) is 7.11 Å². The number of fused-ring (bicyclic) bond motifs is 1. The molecule has 0 spiro atoms. The number of hydrogen-bond acceptors (Lipinski definition) is 6. The molecule has 2 aromatic carbocycles. The Hall–Kier alpha value is -1.73. The van der Waals surface area contributed by atoms with Crippen LogP contribution in [0, 0.1) is 0 Å². The van der Waals surface area contributed by atoms with E-state index in [2.05, 4.69) is 29.6 Å². The molecule has 2 heterocycles. The van der Waals surface area contributed by atoms with Crippen LogP contribution in [-0.4, -0.2) is 48.4 Å². The van der Waals surface area contributed by atoms with Gasteiger partial charge >= 0.3 is 0 Å². The molecule has 4 rings (SSSR count). The Morgan fingerprint density at radius 1 is 1.21 bits per heavy atom. The third kappa shape index (κ3) is 4.30. The number of benzene rings is 2. The lowest BCUT2D eigenvalue weighted by Crippen LogP contribution is -2.33. The maximum atomic E-state index is 10.1. The Balaban J connectivity index is 1.59. The molecule has 1 fully saturated rings. The number of aliphatic hydroxyl groups excluding tert-OH is 2. The summed E-state index contributed by atoms with van der Waals surface area (Å²) in [6, 6.07) is 12.6. The zero-order valence-corrected chi connectivity index (χ0v) is 16.9. The van der Waals surface area contributed by atoms with Gasteiger partial charge in [0.05, 0.1) is 32.0 Å². The van der Waals surface area contributed by atoms with E-state index in [9.17, 15) is 10.2 Å². The summed E-state index contributed by atoms with van der Waals surface area (Å²) in [5, 5.41) is 23.0. The number of rotatable bonds is 5. The van der Waals surface area contributed by atoms with Crippen molar-refractivity contribution < 1.29 is 19.7 Å². The quantitative estimate of drug-likeness (QED) is 0.714. The van der Waals surface area contributed by atoms with Crippen LogP contribution in [0.5, 0.6) is 5.75 Å². The topological polar surface area (TPSA) is 71.0 Å². The third-order valence-corrected chi connectivity index (χ3v) is 6.45. The smallest absolute Gasteiger partial charge is 0.122 e. The Morgan fingerprint density at radius 2 is 2.11 bits per heavy atom. The molecule has 2 aliphatic heterocycles. The summed E-state index contributed by atoms with van der Waals surface area (Å²) in [5.41, 5.74) is 4.53. The Kier molecular flexibility index (Phi) is 6.11. The Labute approximate surface area is 170 Å². The van der Waals surface area contributed by atoms with Gasteiger partial charge in [0.1, 0.15) is 5.75 Å². The molecule has 0 bridgehead atoms. The second kappa shape index (κ2) is 8.74. The molecule has 2 aliphatic rings. The molecule has 0 saturated carbocycles. The molecule has 3 N–H and O–H groups in total. The molecule has 150 valence electrons. The average Bonchev–Trinajstić information content (AvgIpc) is 2.73. The molecule has 2 aromatic rings. The normalized spacial score (nSPS) is 24.3. The number of nitrogens with one attached hydrogen (secondary N) is 1. The second-order valence-corrected chi connectivity index (χ2v) is 8.55. The molecule has 1 saturated heterocycles. The van der Waals surface area contributed by atoms with Gasteiger partial charge in [-0.25, -0.2) is 0 Å². The van der Waals surface area contributed by atoms with Crippen molar-refractivity contribution in [1.82, 2.24) is 0 Å². The highest BCUT2D eigenvalue weighted by Crippen LogP contribution is 2.36. The van der Waals surface area contributed by atoms with E-state index in [1.165, 1.54) is 16.1 Å². The van der Waals surface area contributed by atoms with Gasteiger partial charge in [0.2, 0.25) is 0 Å². The van der Waals surface area contributed by atoms with Crippen molar-refractivity contribution in [3.63, 3.8) is 0 Å². The van der Waals surface area contributed by atoms with Crippen LogP contribution in [0.3, 0.4) is 0 Å². The first-order valence-corrected chi connectivity index (χ1v) is 10.8. The van der Waals surface area contributed by atoms with Crippen LogP contribution in [0.2, 0.25) is 0 Å². The van der Waals surface area contributed by atoms with Crippen molar-refractivity contribution in [1.29, 1.82) is 0 Å². The Morgan fingerprint density at radius 3 is 2.93 bits per heavy atom. The van der Waals surface area contributed by atoms with E-state index in [-0.39, 0.29) is 18.8 Å². The number of hydrogen-bond donors (Lipinski definition) is 3. The summed E-state index contributed by atoms with van der Waals surface area (Å²) in [6.45, 7) is 0.921. The highest BCUT2D eigenvalue weighted by atomic mass is 32.2. The second-order valence-electron chi connectivity index (χ2n) is 7.41. The minimum Gasteiger partial charge on any atom is -0.496 e. The number of methoxy groups -OCH3 is 1. The number of anilines is 1. The zero-order chi connectivity index (χ0) is 19.5. The molecule has 5 nitrogen and oxygen atoms in total. The Bertz CT molecular complexity index is 828. The van der Waals surface area contributed by atoms with Gasteiger partial charge < -0.3 is 25.0 Å². The minimum absolute atomic E-state index is 0.0727. The van der Waals surface area contributed by atoms with Crippen LogP contribution in [-0.2, 0) is 11.2 Å². The van der Waals surface area contributed by atoms with Gasteiger partial charge in [0.25, 0.3) is 0 Å². The first-order valence-electron chi connectivity index (χ1n) is 9.77. The summed E-state index contributed by atoms with van der Waals surface area (Å²) in [6.07, 6.45) is 0.801. The largest absolute Gasteiger partial charge is 0.496 e. The van der Waals surface area contributed by atoms with Gasteiger partial charge in [0.15, 0.2) is 0 Å². The van der Waals surface area contributed by atoms with Crippen LogP contribution in [0.15, 0.2) is 41.3 Å². The molecule has 28 heavy (non-hydrogen) atoms. The van der Waals surface area contributed by atoms with Crippen LogP contribution in [0.4, 0.5) is 5.69 Å². The molecule has 3 unspecified atom stereocenters. The molecular formula is C22H27NO4S. The van der Waals surface area contributed by atoms with Crippen molar-refractivity contribution in [2.75, 3.05) is 31.3 Å². The van der Waals surface area contributed by atoms with E-state index < -0.39 is 6.10 Å². The maximum Gasteiger partial charge on any atom is 0.122 e. The average molecular weight is 402 g/mol. The van der Waals surface area contributed by atoms with Crippen molar-refractivity contribution in [2.24, 2.45) is 0 Å². The molecule has 0 aliphatic carbocycles. The lowest BCUT2D eigenvalue weighted by atomic mass is 9.93. The molecular weight excluding hydrogens is 374 g/mol. The highest BCUT2D eigenvalue weighted by Gasteiger charge is 2.29. The van der Waals surface area contributed by atoms with Crippen LogP contribution >= 0.6 is 11.8 Å². The maximum absolute atomic E-state index is 10.1. The fourth-order valence-corrected chi connectivity index (χ4v) is 4.85. The predicted molar refractivity (Wildman–Crippen MR) is 111 cm³/mol. The number of ether oxygens (including phenoxy) is 2. The highest BCUT2D eigenvalue weighted by molar-refractivity contribution is 7.99. The lowest BCUT2D eigenvalue weighted by Gasteiger charge is -2.32. The first-order chi connectivity index (χ1) is 13.7. The van der Waals surface area contributed by atoms with E-state index in [0.717, 1.165) is 35.6 Å². The zero-order valence-electron chi connectivity index (χ0n) is 16.1. The van der Waals surface area contributed by atoms with Crippen LogP contribution in [0.1, 0.15) is 35.6 Å². The summed E-state index contributed by atoms with van der Waals surface area (Å²) in [7, 11) is 1.69. The first kappa shape index (κ1) is 19.6. The van der Waals surface area contributed by atoms with E-state index >= 15 is 0 Å². The van der Waals surface area contributed by atoms with Gasteiger partial charge in [-0.15, -0.1) is 11.8 Å². The van der Waals surface area contributed by atoms with Gasteiger partial charge in [-0.2, -0.15) is 0 Å². The molecule has 6 heteroatoms. The third-order valence-electron chi connectivity index (χ3n) is 5.37. The number of aliphatic hydroxyl groups is 2. The van der Waals surface area contributed by atoms with Crippen molar-refractivity contribution in [3.05, 3.63) is 53.1 Å². The lowest BCUT2D eigenvalue weighted by molar-refractivity contribution is -0.113. The van der Waals surface area contributed by atoms with Crippen molar-refractivity contribution >= 4 is 17.4 Å².